The molecule has 0 aliphatic rings. The van der Waals surface area contributed by atoms with Crippen LogP contribution >= 0.6 is 0 Å². The summed E-state index contributed by atoms with van der Waals surface area (Å²) in [7, 11) is 1.65. The van der Waals surface area contributed by atoms with Crippen LogP contribution in [0.2, 0.25) is 0 Å². The SMILES string of the molecule is CNC(=O)CCCOc1ccc(CNC(C)C)cc1. The predicted octanol–water partition coefficient (Wildman–Crippen LogP) is 2.09. The summed E-state index contributed by atoms with van der Waals surface area (Å²) in [6, 6.07) is 8.54. The Hall–Kier alpha value is -1.55. The number of nitrogens with one attached hydrogen (secondary N) is 2. The van der Waals surface area contributed by atoms with Crippen molar-refractivity contribution in [1.29, 1.82) is 0 Å². The highest BCUT2D eigenvalue weighted by molar-refractivity contribution is 5.75. The van der Waals surface area contributed by atoms with E-state index in [4.69, 9.17) is 4.74 Å². The highest BCUT2D eigenvalue weighted by atomic mass is 16.5. The number of hydrogen-bond acceptors (Lipinski definition) is 3. The highest BCUT2D eigenvalue weighted by Crippen LogP contribution is 2.12. The first-order valence-electron chi connectivity index (χ1n) is 6.77. The van der Waals surface area contributed by atoms with Crippen molar-refractivity contribution in [1.82, 2.24) is 10.6 Å². The first-order chi connectivity index (χ1) is 9.11. The van der Waals surface area contributed by atoms with Crippen molar-refractivity contribution in [2.24, 2.45) is 0 Å². The van der Waals surface area contributed by atoms with Gasteiger partial charge in [-0.1, -0.05) is 26.0 Å². The lowest BCUT2D eigenvalue weighted by molar-refractivity contribution is -0.120. The molecule has 1 rings (SSSR count). The average molecular weight is 264 g/mol. The van der Waals surface area contributed by atoms with Gasteiger partial charge in [-0.15, -0.1) is 0 Å². The third-order valence-corrected chi connectivity index (χ3v) is 2.73. The fourth-order valence-corrected chi connectivity index (χ4v) is 1.57. The van der Waals surface area contributed by atoms with Crippen LogP contribution in [-0.4, -0.2) is 25.6 Å². The summed E-state index contributed by atoms with van der Waals surface area (Å²) in [6.45, 7) is 5.69. The number of hydrogen-bond donors (Lipinski definition) is 2. The first kappa shape index (κ1) is 15.5. The van der Waals surface area contributed by atoms with Gasteiger partial charge in [-0.2, -0.15) is 0 Å². The Morgan fingerprint density at radius 1 is 1.26 bits per heavy atom. The van der Waals surface area contributed by atoms with Gasteiger partial charge in [-0.25, -0.2) is 0 Å². The second kappa shape index (κ2) is 8.53. The average Bonchev–Trinajstić information content (AvgIpc) is 2.42. The molecule has 0 radical (unpaired) electrons. The van der Waals surface area contributed by atoms with Crippen LogP contribution in [0.5, 0.6) is 5.75 Å². The summed E-state index contributed by atoms with van der Waals surface area (Å²) in [6.07, 6.45) is 1.24. The van der Waals surface area contributed by atoms with Crippen LogP contribution in [0.15, 0.2) is 24.3 Å². The molecule has 2 N–H and O–H groups in total. The van der Waals surface area contributed by atoms with E-state index in [9.17, 15) is 4.79 Å². The van der Waals surface area contributed by atoms with Gasteiger partial charge in [0.2, 0.25) is 5.91 Å². The normalized spacial score (nSPS) is 10.5. The van der Waals surface area contributed by atoms with E-state index in [1.807, 2.05) is 12.1 Å². The van der Waals surface area contributed by atoms with Crippen molar-refractivity contribution < 1.29 is 9.53 Å². The number of rotatable bonds is 8. The lowest BCUT2D eigenvalue weighted by Gasteiger charge is -2.09. The fourth-order valence-electron chi connectivity index (χ4n) is 1.57. The van der Waals surface area contributed by atoms with Crippen LogP contribution in [0.4, 0.5) is 0 Å². The van der Waals surface area contributed by atoms with E-state index in [2.05, 4.69) is 36.6 Å². The largest absolute Gasteiger partial charge is 0.494 e. The molecule has 0 saturated heterocycles. The lowest BCUT2D eigenvalue weighted by Crippen LogP contribution is -2.21. The third-order valence-electron chi connectivity index (χ3n) is 2.73. The number of amides is 1. The quantitative estimate of drug-likeness (QED) is 0.707. The first-order valence-corrected chi connectivity index (χ1v) is 6.77. The van der Waals surface area contributed by atoms with Gasteiger partial charge in [0.05, 0.1) is 6.61 Å². The van der Waals surface area contributed by atoms with E-state index in [1.54, 1.807) is 7.05 Å². The van der Waals surface area contributed by atoms with Crippen LogP contribution in [0.25, 0.3) is 0 Å². The highest BCUT2D eigenvalue weighted by Gasteiger charge is 1.99. The smallest absolute Gasteiger partial charge is 0.219 e. The molecule has 0 bridgehead atoms. The second-order valence-electron chi connectivity index (χ2n) is 4.80. The molecular weight excluding hydrogens is 240 g/mol. The summed E-state index contributed by atoms with van der Waals surface area (Å²) >= 11 is 0. The molecule has 1 aromatic rings. The summed E-state index contributed by atoms with van der Waals surface area (Å²) in [4.78, 5) is 11.0. The van der Waals surface area contributed by atoms with Crippen molar-refractivity contribution in [3.8, 4) is 5.75 Å². The van der Waals surface area contributed by atoms with Gasteiger partial charge in [0, 0.05) is 26.1 Å². The third kappa shape index (κ3) is 6.82. The van der Waals surface area contributed by atoms with Gasteiger partial charge < -0.3 is 15.4 Å². The molecule has 1 aromatic carbocycles. The number of benzene rings is 1. The molecule has 0 unspecified atom stereocenters. The number of ether oxygens (including phenoxy) is 1. The van der Waals surface area contributed by atoms with E-state index < -0.39 is 0 Å². The summed E-state index contributed by atoms with van der Waals surface area (Å²) in [5, 5.41) is 5.96. The van der Waals surface area contributed by atoms with Crippen LogP contribution in [0.3, 0.4) is 0 Å². The Morgan fingerprint density at radius 2 is 1.95 bits per heavy atom. The predicted molar refractivity (Wildman–Crippen MR) is 77.2 cm³/mol. The van der Waals surface area contributed by atoms with Crippen molar-refractivity contribution >= 4 is 5.91 Å². The van der Waals surface area contributed by atoms with Gasteiger partial charge in [0.15, 0.2) is 0 Å². The van der Waals surface area contributed by atoms with E-state index in [0.29, 0.717) is 19.1 Å². The Morgan fingerprint density at radius 3 is 2.53 bits per heavy atom. The molecular formula is C15H24N2O2. The standard InChI is InChI=1S/C15H24N2O2/c1-12(2)17-11-13-6-8-14(9-7-13)19-10-4-5-15(18)16-3/h6-9,12,17H,4-5,10-11H2,1-3H3,(H,16,18). The monoisotopic (exact) mass is 264 g/mol. The van der Waals surface area contributed by atoms with Crippen LogP contribution in [0.1, 0.15) is 32.3 Å². The summed E-state index contributed by atoms with van der Waals surface area (Å²) in [5.41, 5.74) is 1.24. The maximum Gasteiger partial charge on any atom is 0.219 e. The molecule has 1 amide bonds. The van der Waals surface area contributed by atoms with Crippen molar-refractivity contribution in [3.05, 3.63) is 29.8 Å². The maximum atomic E-state index is 11.0. The molecule has 0 heterocycles. The minimum absolute atomic E-state index is 0.0544. The van der Waals surface area contributed by atoms with E-state index >= 15 is 0 Å². The molecule has 0 fully saturated rings. The summed E-state index contributed by atoms with van der Waals surface area (Å²) < 4.78 is 5.58. The Bertz CT molecular complexity index is 374. The zero-order valence-electron chi connectivity index (χ0n) is 12.0. The molecule has 4 heteroatoms. The van der Waals surface area contributed by atoms with Gasteiger partial charge in [0.1, 0.15) is 5.75 Å². The molecule has 4 nitrogen and oxygen atoms in total. The van der Waals surface area contributed by atoms with Crippen molar-refractivity contribution in [3.63, 3.8) is 0 Å². The molecule has 0 spiro atoms. The molecule has 19 heavy (non-hydrogen) atoms. The zero-order valence-corrected chi connectivity index (χ0v) is 12.0. The molecule has 106 valence electrons. The number of carbonyl (C=O) groups is 1. The Balaban J connectivity index is 2.26. The van der Waals surface area contributed by atoms with E-state index in [1.165, 1.54) is 5.56 Å². The van der Waals surface area contributed by atoms with Gasteiger partial charge in [-0.3, -0.25) is 4.79 Å². The minimum atomic E-state index is 0.0544. The molecule has 0 aliphatic carbocycles. The van der Waals surface area contributed by atoms with Gasteiger partial charge in [0.25, 0.3) is 0 Å². The van der Waals surface area contributed by atoms with Crippen molar-refractivity contribution in [2.75, 3.05) is 13.7 Å². The van der Waals surface area contributed by atoms with Crippen molar-refractivity contribution in [2.45, 2.75) is 39.3 Å². The fraction of sp³-hybridized carbons (Fsp3) is 0.533. The van der Waals surface area contributed by atoms with Gasteiger partial charge >= 0.3 is 0 Å². The van der Waals surface area contributed by atoms with Crippen LogP contribution in [-0.2, 0) is 11.3 Å². The second-order valence-corrected chi connectivity index (χ2v) is 4.80. The van der Waals surface area contributed by atoms with E-state index in [-0.39, 0.29) is 5.91 Å². The Kier molecular flexibility index (Phi) is 6.97. The van der Waals surface area contributed by atoms with Gasteiger partial charge in [-0.05, 0) is 24.1 Å². The number of carbonyl (C=O) groups excluding carboxylic acids is 1. The zero-order chi connectivity index (χ0) is 14.1. The lowest BCUT2D eigenvalue weighted by atomic mass is 10.2. The molecule has 0 saturated carbocycles. The molecule has 0 aromatic heterocycles. The molecule has 0 aliphatic heterocycles. The van der Waals surface area contributed by atoms with E-state index in [0.717, 1.165) is 18.7 Å². The minimum Gasteiger partial charge on any atom is -0.494 e. The summed E-state index contributed by atoms with van der Waals surface area (Å²) in [5.74, 6) is 0.906. The maximum absolute atomic E-state index is 11.0. The van der Waals surface area contributed by atoms with Crippen LogP contribution < -0.4 is 15.4 Å². The topological polar surface area (TPSA) is 50.4 Å². The molecule has 0 atom stereocenters. The van der Waals surface area contributed by atoms with Crippen LogP contribution in [0, 0.1) is 0 Å². The Labute approximate surface area is 115 Å².